The average molecular weight is 260 g/mol. The van der Waals surface area contributed by atoms with Crippen LogP contribution in [0, 0.1) is 0 Å². The van der Waals surface area contributed by atoms with Crippen molar-refractivity contribution in [3.63, 3.8) is 0 Å². The zero-order chi connectivity index (χ0) is 12.5. The number of nitrogens with zero attached hydrogens (tertiary/aromatic N) is 1. The van der Waals surface area contributed by atoms with Crippen LogP contribution in [-0.2, 0) is 6.42 Å². The van der Waals surface area contributed by atoms with Crippen LogP contribution in [0.5, 0.6) is 5.75 Å². The molecule has 3 rings (SSSR count). The summed E-state index contributed by atoms with van der Waals surface area (Å²) in [6.45, 7) is 2.14. The molecule has 4 heteroatoms. The molecular weight excluding hydrogens is 244 g/mol. The molecule has 1 aromatic carbocycles. The maximum Gasteiger partial charge on any atom is 0.154 e. The highest BCUT2D eigenvalue weighted by Gasteiger charge is 2.26. The van der Waals surface area contributed by atoms with Crippen molar-refractivity contribution in [1.29, 1.82) is 0 Å². The maximum absolute atomic E-state index is 5.95. The van der Waals surface area contributed by atoms with E-state index < -0.39 is 0 Å². The smallest absolute Gasteiger partial charge is 0.154 e. The van der Waals surface area contributed by atoms with E-state index in [2.05, 4.69) is 29.4 Å². The summed E-state index contributed by atoms with van der Waals surface area (Å²) in [5.74, 6) is 1.00. The summed E-state index contributed by atoms with van der Waals surface area (Å²) in [4.78, 5) is 5.76. The molecule has 0 spiro atoms. The number of para-hydroxylation sites is 1. The van der Waals surface area contributed by atoms with Crippen molar-refractivity contribution in [2.24, 2.45) is 0 Å². The van der Waals surface area contributed by atoms with E-state index in [0.717, 1.165) is 17.2 Å². The molecule has 0 radical (unpaired) electrons. The standard InChI is InChI=1S/C14H16N2OS/c1-9(15-2)13-8-16-14(18-13)12-7-10-5-3-4-6-11(10)17-12/h3-6,8-9,12,15H,7H2,1-2H3. The maximum atomic E-state index is 5.95. The van der Waals surface area contributed by atoms with Gasteiger partial charge in [0.2, 0.25) is 0 Å². The molecule has 0 saturated heterocycles. The van der Waals surface area contributed by atoms with Crippen LogP contribution in [0.25, 0.3) is 0 Å². The van der Waals surface area contributed by atoms with Gasteiger partial charge in [-0.25, -0.2) is 4.98 Å². The van der Waals surface area contributed by atoms with E-state index in [4.69, 9.17) is 4.74 Å². The summed E-state index contributed by atoms with van der Waals surface area (Å²) in [5, 5.41) is 4.30. The molecule has 2 unspecified atom stereocenters. The first-order valence-corrected chi connectivity index (χ1v) is 6.97. The second-order valence-corrected chi connectivity index (χ2v) is 5.62. The Labute approximate surface area is 111 Å². The second kappa shape index (κ2) is 4.71. The van der Waals surface area contributed by atoms with Gasteiger partial charge in [0.15, 0.2) is 6.10 Å². The fraction of sp³-hybridized carbons (Fsp3) is 0.357. The molecule has 0 bridgehead atoms. The van der Waals surface area contributed by atoms with Crippen LogP contribution in [0.3, 0.4) is 0 Å². The lowest BCUT2D eigenvalue weighted by Crippen LogP contribution is -2.10. The largest absolute Gasteiger partial charge is 0.483 e. The number of nitrogens with one attached hydrogen (secondary N) is 1. The van der Waals surface area contributed by atoms with Gasteiger partial charge in [-0.1, -0.05) is 18.2 Å². The zero-order valence-corrected chi connectivity index (χ0v) is 11.3. The van der Waals surface area contributed by atoms with Crippen LogP contribution in [0.1, 0.15) is 34.5 Å². The van der Waals surface area contributed by atoms with E-state index in [0.29, 0.717) is 6.04 Å². The fourth-order valence-corrected chi connectivity index (χ4v) is 3.12. The first-order valence-electron chi connectivity index (χ1n) is 6.15. The Hall–Kier alpha value is -1.39. The zero-order valence-electron chi connectivity index (χ0n) is 10.5. The summed E-state index contributed by atoms with van der Waals surface area (Å²) >= 11 is 1.73. The second-order valence-electron chi connectivity index (χ2n) is 4.53. The van der Waals surface area contributed by atoms with Gasteiger partial charge >= 0.3 is 0 Å². The van der Waals surface area contributed by atoms with Gasteiger partial charge in [-0.15, -0.1) is 11.3 Å². The molecule has 1 N–H and O–H groups in total. The molecule has 3 nitrogen and oxygen atoms in total. The third-order valence-electron chi connectivity index (χ3n) is 3.32. The van der Waals surface area contributed by atoms with E-state index in [9.17, 15) is 0 Å². The first kappa shape index (κ1) is 11.7. The molecule has 0 saturated carbocycles. The van der Waals surface area contributed by atoms with Gasteiger partial charge in [-0.05, 0) is 25.6 Å². The number of hydrogen-bond acceptors (Lipinski definition) is 4. The topological polar surface area (TPSA) is 34.2 Å². The van der Waals surface area contributed by atoms with Crippen molar-refractivity contribution in [2.45, 2.75) is 25.5 Å². The quantitative estimate of drug-likeness (QED) is 0.920. The van der Waals surface area contributed by atoms with Crippen LogP contribution in [0.15, 0.2) is 30.5 Å². The fourth-order valence-electron chi connectivity index (χ4n) is 2.11. The number of aromatic nitrogens is 1. The molecule has 0 amide bonds. The van der Waals surface area contributed by atoms with Gasteiger partial charge in [-0.3, -0.25) is 0 Å². The van der Waals surface area contributed by atoms with Gasteiger partial charge in [-0.2, -0.15) is 0 Å². The highest BCUT2D eigenvalue weighted by atomic mass is 32.1. The van der Waals surface area contributed by atoms with Gasteiger partial charge in [0.25, 0.3) is 0 Å². The van der Waals surface area contributed by atoms with Crippen molar-refractivity contribution in [1.82, 2.24) is 10.3 Å². The highest BCUT2D eigenvalue weighted by Crippen LogP contribution is 2.38. The summed E-state index contributed by atoms with van der Waals surface area (Å²) < 4.78 is 5.95. The normalized spacial score (nSPS) is 19.3. The highest BCUT2D eigenvalue weighted by molar-refractivity contribution is 7.11. The minimum atomic E-state index is 0.0882. The van der Waals surface area contributed by atoms with E-state index >= 15 is 0 Å². The van der Waals surface area contributed by atoms with E-state index in [1.807, 2.05) is 25.4 Å². The molecule has 94 valence electrons. The third kappa shape index (κ3) is 2.02. The number of rotatable bonds is 3. The summed E-state index contributed by atoms with van der Waals surface area (Å²) in [5.41, 5.74) is 1.28. The van der Waals surface area contributed by atoms with E-state index in [1.165, 1.54) is 10.4 Å². The SMILES string of the molecule is CNC(C)c1cnc(C2Cc3ccccc3O2)s1. The molecule has 1 aromatic heterocycles. The minimum Gasteiger partial charge on any atom is -0.483 e. The molecular formula is C14H16N2OS. The van der Waals surface area contributed by atoms with Crippen LogP contribution in [0.2, 0.25) is 0 Å². The van der Waals surface area contributed by atoms with Gasteiger partial charge < -0.3 is 10.1 Å². The van der Waals surface area contributed by atoms with Gasteiger partial charge in [0.1, 0.15) is 10.8 Å². The predicted octanol–water partition coefficient (Wildman–Crippen LogP) is 3.10. The lowest BCUT2D eigenvalue weighted by molar-refractivity contribution is 0.238. The van der Waals surface area contributed by atoms with Crippen LogP contribution >= 0.6 is 11.3 Å². The Kier molecular flexibility index (Phi) is 3.06. The minimum absolute atomic E-state index is 0.0882. The molecule has 0 fully saturated rings. The van der Waals surface area contributed by atoms with Crippen molar-refractivity contribution in [2.75, 3.05) is 7.05 Å². The molecule has 1 aliphatic heterocycles. The third-order valence-corrected chi connectivity index (χ3v) is 4.60. The van der Waals surface area contributed by atoms with Gasteiger partial charge in [0, 0.05) is 23.5 Å². The lowest BCUT2D eigenvalue weighted by atomic mass is 10.1. The van der Waals surface area contributed by atoms with Crippen molar-refractivity contribution in [3.05, 3.63) is 45.9 Å². The summed E-state index contributed by atoms with van der Waals surface area (Å²) in [6.07, 6.45) is 2.97. The molecule has 18 heavy (non-hydrogen) atoms. The summed E-state index contributed by atoms with van der Waals surface area (Å²) in [6, 6.07) is 8.57. The van der Waals surface area contributed by atoms with E-state index in [1.54, 1.807) is 11.3 Å². The van der Waals surface area contributed by atoms with Crippen molar-refractivity contribution in [3.8, 4) is 5.75 Å². The average Bonchev–Trinajstić information content (AvgIpc) is 3.03. The predicted molar refractivity (Wildman–Crippen MR) is 73.1 cm³/mol. The van der Waals surface area contributed by atoms with E-state index in [-0.39, 0.29) is 6.10 Å². The molecule has 1 aliphatic rings. The lowest BCUT2D eigenvalue weighted by Gasteiger charge is -2.07. The molecule has 2 atom stereocenters. The number of fused-ring (bicyclic) bond motifs is 1. The first-order chi connectivity index (χ1) is 8.78. The van der Waals surface area contributed by atoms with Crippen molar-refractivity contribution >= 4 is 11.3 Å². The Balaban J connectivity index is 1.80. The van der Waals surface area contributed by atoms with Crippen LogP contribution in [-0.4, -0.2) is 12.0 Å². The number of hydrogen-bond donors (Lipinski definition) is 1. The monoisotopic (exact) mass is 260 g/mol. The Morgan fingerprint density at radius 2 is 2.28 bits per heavy atom. The molecule has 0 aliphatic carbocycles. The molecule has 2 heterocycles. The Morgan fingerprint density at radius 3 is 3.06 bits per heavy atom. The van der Waals surface area contributed by atoms with Crippen LogP contribution < -0.4 is 10.1 Å². The Bertz CT molecular complexity index is 527. The van der Waals surface area contributed by atoms with Crippen LogP contribution in [0.4, 0.5) is 0 Å². The number of ether oxygens (including phenoxy) is 1. The van der Waals surface area contributed by atoms with Gasteiger partial charge in [0.05, 0.1) is 0 Å². The molecule has 2 aromatic rings. The Morgan fingerprint density at radius 1 is 1.44 bits per heavy atom. The number of thiazole rings is 1. The number of benzene rings is 1. The summed E-state index contributed by atoms with van der Waals surface area (Å²) in [7, 11) is 1.96. The van der Waals surface area contributed by atoms with Crippen molar-refractivity contribution < 1.29 is 4.74 Å².